The molecule has 1 atom stereocenters. The maximum Gasteiger partial charge on any atom is 0.321 e. The van der Waals surface area contributed by atoms with Gasteiger partial charge in [-0.2, -0.15) is 0 Å². The van der Waals surface area contributed by atoms with E-state index >= 15 is 0 Å². The minimum absolute atomic E-state index is 0.0847. The van der Waals surface area contributed by atoms with E-state index in [1.54, 1.807) is 45.0 Å². The SMILES string of the molecule is CC(C)(C)OC(=O)C(Cc1ccc(Cl)cc1)C(=O)O. The highest BCUT2D eigenvalue weighted by atomic mass is 35.5. The number of halogens is 1. The first-order valence-electron chi connectivity index (χ1n) is 5.89. The summed E-state index contributed by atoms with van der Waals surface area (Å²) < 4.78 is 5.11. The molecule has 1 aromatic carbocycles. The number of hydrogen-bond donors (Lipinski definition) is 1. The standard InChI is InChI=1S/C14H17ClO4/c1-14(2,3)19-13(18)11(12(16)17)8-9-4-6-10(15)7-5-9/h4-7,11H,8H2,1-3H3,(H,16,17). The number of benzene rings is 1. The van der Waals surface area contributed by atoms with Gasteiger partial charge >= 0.3 is 11.9 Å². The van der Waals surface area contributed by atoms with Crippen LogP contribution in [0, 0.1) is 5.92 Å². The van der Waals surface area contributed by atoms with Crippen LogP contribution in [-0.4, -0.2) is 22.6 Å². The Morgan fingerprint density at radius 1 is 1.26 bits per heavy atom. The van der Waals surface area contributed by atoms with E-state index < -0.39 is 23.5 Å². The van der Waals surface area contributed by atoms with Gasteiger partial charge in [0.15, 0.2) is 5.92 Å². The van der Waals surface area contributed by atoms with Crippen LogP contribution in [0.4, 0.5) is 0 Å². The van der Waals surface area contributed by atoms with Gasteiger partial charge in [0.2, 0.25) is 0 Å². The lowest BCUT2D eigenvalue weighted by atomic mass is 9.99. The van der Waals surface area contributed by atoms with Gasteiger partial charge in [-0.05, 0) is 44.9 Å². The summed E-state index contributed by atoms with van der Waals surface area (Å²) in [5.41, 5.74) is 0.0211. The Balaban J connectivity index is 2.81. The highest BCUT2D eigenvalue weighted by Gasteiger charge is 2.31. The topological polar surface area (TPSA) is 63.6 Å². The van der Waals surface area contributed by atoms with Crippen molar-refractivity contribution in [2.45, 2.75) is 32.8 Å². The summed E-state index contributed by atoms with van der Waals surface area (Å²) in [7, 11) is 0. The van der Waals surface area contributed by atoms with Crippen molar-refractivity contribution in [3.05, 3.63) is 34.9 Å². The van der Waals surface area contributed by atoms with Gasteiger partial charge in [-0.1, -0.05) is 23.7 Å². The third-order valence-corrected chi connectivity index (χ3v) is 2.59. The van der Waals surface area contributed by atoms with Crippen molar-refractivity contribution in [2.24, 2.45) is 5.92 Å². The molecule has 0 saturated heterocycles. The average molecular weight is 285 g/mol. The molecule has 0 aliphatic rings. The molecule has 4 nitrogen and oxygen atoms in total. The highest BCUT2D eigenvalue weighted by molar-refractivity contribution is 6.30. The minimum Gasteiger partial charge on any atom is -0.481 e. The third kappa shape index (κ3) is 5.30. The zero-order valence-electron chi connectivity index (χ0n) is 11.1. The molecule has 0 saturated carbocycles. The zero-order valence-corrected chi connectivity index (χ0v) is 11.9. The van der Waals surface area contributed by atoms with Crippen LogP contribution in [0.1, 0.15) is 26.3 Å². The first kappa shape index (κ1) is 15.5. The number of esters is 1. The number of ether oxygens (including phenoxy) is 1. The van der Waals surface area contributed by atoms with Gasteiger partial charge in [-0.15, -0.1) is 0 Å². The third-order valence-electron chi connectivity index (χ3n) is 2.34. The molecule has 5 heteroatoms. The first-order valence-corrected chi connectivity index (χ1v) is 6.27. The second-order valence-electron chi connectivity index (χ2n) is 5.25. The molecular weight excluding hydrogens is 268 g/mol. The second kappa shape index (κ2) is 6.06. The molecule has 0 amide bonds. The van der Waals surface area contributed by atoms with Crippen LogP contribution in [0.25, 0.3) is 0 Å². The Morgan fingerprint density at radius 3 is 2.21 bits per heavy atom. The summed E-state index contributed by atoms with van der Waals surface area (Å²) in [6.45, 7) is 5.10. The lowest BCUT2D eigenvalue weighted by molar-refractivity contribution is -0.166. The maximum atomic E-state index is 11.8. The lowest BCUT2D eigenvalue weighted by Gasteiger charge is -2.22. The summed E-state index contributed by atoms with van der Waals surface area (Å²) in [4.78, 5) is 23.0. The van der Waals surface area contributed by atoms with E-state index in [1.165, 1.54) is 0 Å². The Morgan fingerprint density at radius 2 is 1.79 bits per heavy atom. The smallest absolute Gasteiger partial charge is 0.321 e. The molecule has 19 heavy (non-hydrogen) atoms. The number of carbonyl (C=O) groups excluding carboxylic acids is 1. The van der Waals surface area contributed by atoms with E-state index in [-0.39, 0.29) is 6.42 Å². The predicted molar refractivity (Wildman–Crippen MR) is 72.1 cm³/mol. The molecule has 0 heterocycles. The van der Waals surface area contributed by atoms with E-state index in [4.69, 9.17) is 21.4 Å². The summed E-state index contributed by atoms with van der Waals surface area (Å²) >= 11 is 5.75. The second-order valence-corrected chi connectivity index (χ2v) is 5.69. The lowest BCUT2D eigenvalue weighted by Crippen LogP contribution is -2.33. The molecule has 1 rings (SSSR count). The number of carboxylic acids is 1. The van der Waals surface area contributed by atoms with Crippen LogP contribution in [-0.2, 0) is 20.7 Å². The zero-order chi connectivity index (χ0) is 14.6. The fraction of sp³-hybridized carbons (Fsp3) is 0.429. The van der Waals surface area contributed by atoms with Crippen LogP contribution < -0.4 is 0 Å². The van der Waals surface area contributed by atoms with Crippen LogP contribution in [0.2, 0.25) is 5.02 Å². The molecule has 0 bridgehead atoms. The number of aliphatic carboxylic acids is 1. The molecule has 1 aromatic rings. The monoisotopic (exact) mass is 284 g/mol. The Bertz CT molecular complexity index is 459. The van der Waals surface area contributed by atoms with Gasteiger partial charge in [-0.25, -0.2) is 0 Å². The summed E-state index contributed by atoms with van der Waals surface area (Å²) in [6, 6.07) is 6.71. The van der Waals surface area contributed by atoms with E-state index in [0.717, 1.165) is 5.56 Å². The fourth-order valence-electron chi connectivity index (χ4n) is 1.50. The molecule has 0 spiro atoms. The Kier molecular flexibility index (Phi) is 4.95. The van der Waals surface area contributed by atoms with Gasteiger partial charge in [0.1, 0.15) is 5.60 Å². The van der Waals surface area contributed by atoms with Crippen LogP contribution in [0.5, 0.6) is 0 Å². The van der Waals surface area contributed by atoms with Crippen molar-refractivity contribution in [3.63, 3.8) is 0 Å². The van der Waals surface area contributed by atoms with Crippen LogP contribution >= 0.6 is 11.6 Å². The van der Waals surface area contributed by atoms with E-state index in [9.17, 15) is 9.59 Å². The number of carbonyl (C=O) groups is 2. The molecule has 0 fully saturated rings. The number of hydrogen-bond acceptors (Lipinski definition) is 3. The van der Waals surface area contributed by atoms with Crippen LogP contribution in [0.15, 0.2) is 24.3 Å². The molecular formula is C14H17ClO4. The largest absolute Gasteiger partial charge is 0.481 e. The maximum absolute atomic E-state index is 11.8. The van der Waals surface area contributed by atoms with Crippen molar-refractivity contribution in [1.29, 1.82) is 0 Å². The quantitative estimate of drug-likeness (QED) is 0.682. The average Bonchev–Trinajstić information content (AvgIpc) is 2.25. The molecule has 0 aliphatic heterocycles. The molecule has 1 N–H and O–H groups in total. The molecule has 0 aliphatic carbocycles. The highest BCUT2D eigenvalue weighted by Crippen LogP contribution is 2.17. The van der Waals surface area contributed by atoms with E-state index in [1.807, 2.05) is 0 Å². The fourth-order valence-corrected chi connectivity index (χ4v) is 1.63. The van der Waals surface area contributed by atoms with Crippen molar-refractivity contribution < 1.29 is 19.4 Å². The van der Waals surface area contributed by atoms with Gasteiger partial charge in [-0.3, -0.25) is 9.59 Å². The van der Waals surface area contributed by atoms with Crippen molar-refractivity contribution in [3.8, 4) is 0 Å². The van der Waals surface area contributed by atoms with Crippen LogP contribution in [0.3, 0.4) is 0 Å². The Hall–Kier alpha value is -1.55. The van der Waals surface area contributed by atoms with Crippen molar-refractivity contribution >= 4 is 23.5 Å². The Labute approximate surface area is 117 Å². The number of rotatable bonds is 4. The first-order chi connectivity index (χ1) is 8.69. The number of carboxylic acid groups (broad SMARTS) is 1. The molecule has 1 unspecified atom stereocenters. The van der Waals surface area contributed by atoms with E-state index in [2.05, 4.69) is 0 Å². The van der Waals surface area contributed by atoms with Gasteiger partial charge in [0.25, 0.3) is 0 Å². The van der Waals surface area contributed by atoms with Gasteiger partial charge in [0, 0.05) is 5.02 Å². The van der Waals surface area contributed by atoms with E-state index in [0.29, 0.717) is 5.02 Å². The minimum atomic E-state index is -1.21. The molecule has 0 radical (unpaired) electrons. The normalized spacial score (nSPS) is 12.8. The summed E-state index contributed by atoms with van der Waals surface area (Å²) in [5.74, 6) is -3.13. The van der Waals surface area contributed by atoms with Crippen molar-refractivity contribution in [2.75, 3.05) is 0 Å². The van der Waals surface area contributed by atoms with Crippen molar-refractivity contribution in [1.82, 2.24) is 0 Å². The predicted octanol–water partition coefficient (Wildman–Crippen LogP) is 2.93. The summed E-state index contributed by atoms with van der Waals surface area (Å²) in [6.07, 6.45) is 0.0847. The molecule has 104 valence electrons. The van der Waals surface area contributed by atoms with Gasteiger partial charge < -0.3 is 9.84 Å². The van der Waals surface area contributed by atoms with Gasteiger partial charge in [0.05, 0.1) is 0 Å². The summed E-state index contributed by atoms with van der Waals surface area (Å²) in [5, 5.41) is 9.69. The molecule has 0 aromatic heterocycles.